The highest BCUT2D eigenvalue weighted by Gasteiger charge is 2.26. The van der Waals surface area contributed by atoms with Gasteiger partial charge in [-0.15, -0.1) is 11.3 Å². The predicted octanol–water partition coefficient (Wildman–Crippen LogP) is 3.02. The molecule has 1 aliphatic rings. The molecule has 1 aliphatic heterocycles. The molecule has 1 amide bonds. The molecule has 7 nitrogen and oxygen atoms in total. The van der Waals surface area contributed by atoms with E-state index in [0.717, 1.165) is 35.9 Å². The van der Waals surface area contributed by atoms with Crippen LogP contribution >= 0.6 is 11.3 Å². The Morgan fingerprint density at radius 1 is 0.969 bits per heavy atom. The smallest absolute Gasteiger partial charge is 0.275 e. The summed E-state index contributed by atoms with van der Waals surface area (Å²) >= 11 is 1.66. The fraction of sp³-hybridized carbons (Fsp3) is 0.250. The number of thiazole rings is 1. The molecule has 0 bridgehead atoms. The number of carbonyl (C=O) groups is 1. The minimum atomic E-state index is -0.194. The number of nitrogens with zero attached hydrogens (tertiary/aromatic N) is 5. The van der Waals surface area contributed by atoms with Crippen molar-refractivity contribution in [2.75, 3.05) is 26.2 Å². The van der Waals surface area contributed by atoms with Crippen molar-refractivity contribution in [1.29, 1.82) is 0 Å². The number of aromatic nitrogens is 3. The van der Waals surface area contributed by atoms with Crippen LogP contribution in [0.2, 0.25) is 0 Å². The first-order valence-corrected chi connectivity index (χ1v) is 11.5. The van der Waals surface area contributed by atoms with Gasteiger partial charge in [0.1, 0.15) is 5.01 Å². The van der Waals surface area contributed by atoms with Gasteiger partial charge in [-0.25, -0.2) is 9.67 Å². The molecule has 0 atom stereocenters. The van der Waals surface area contributed by atoms with Crippen LogP contribution in [-0.2, 0) is 13.6 Å². The molecule has 5 rings (SSSR count). The van der Waals surface area contributed by atoms with Gasteiger partial charge in [0, 0.05) is 56.1 Å². The van der Waals surface area contributed by atoms with Crippen molar-refractivity contribution >= 4 is 28.0 Å². The van der Waals surface area contributed by atoms with Crippen molar-refractivity contribution in [3.8, 4) is 10.6 Å². The number of hydrogen-bond donors (Lipinski definition) is 0. The van der Waals surface area contributed by atoms with Crippen LogP contribution in [0, 0.1) is 0 Å². The van der Waals surface area contributed by atoms with E-state index in [1.165, 1.54) is 4.68 Å². The Hall–Kier alpha value is -3.36. The van der Waals surface area contributed by atoms with Crippen molar-refractivity contribution in [2.24, 2.45) is 7.05 Å². The second kappa shape index (κ2) is 8.64. The average Bonchev–Trinajstić information content (AvgIpc) is 3.30. The molecule has 0 N–H and O–H groups in total. The van der Waals surface area contributed by atoms with Gasteiger partial charge in [-0.1, -0.05) is 48.5 Å². The molecule has 2 aromatic heterocycles. The third-order valence-corrected chi connectivity index (χ3v) is 6.72. The molecule has 0 radical (unpaired) electrons. The Labute approximate surface area is 189 Å². The topological polar surface area (TPSA) is 71.3 Å². The summed E-state index contributed by atoms with van der Waals surface area (Å²) < 4.78 is 1.25. The summed E-state index contributed by atoms with van der Waals surface area (Å²) in [6.45, 7) is 3.55. The van der Waals surface area contributed by atoms with Gasteiger partial charge >= 0.3 is 0 Å². The molecular formula is C24H23N5O2S. The number of aryl methyl sites for hydroxylation is 1. The van der Waals surface area contributed by atoms with Gasteiger partial charge in [0.25, 0.3) is 11.5 Å². The summed E-state index contributed by atoms with van der Waals surface area (Å²) in [6, 6.07) is 17.4. The number of hydrogen-bond acceptors (Lipinski definition) is 6. The summed E-state index contributed by atoms with van der Waals surface area (Å²) in [7, 11) is 1.58. The molecule has 162 valence electrons. The third-order valence-electron chi connectivity index (χ3n) is 5.78. The van der Waals surface area contributed by atoms with Crippen LogP contribution in [0.1, 0.15) is 16.2 Å². The van der Waals surface area contributed by atoms with Gasteiger partial charge in [-0.05, 0) is 6.07 Å². The van der Waals surface area contributed by atoms with Crippen LogP contribution in [-0.4, -0.2) is 56.7 Å². The lowest BCUT2D eigenvalue weighted by molar-refractivity contribution is 0.0621. The zero-order valence-electron chi connectivity index (χ0n) is 17.8. The summed E-state index contributed by atoms with van der Waals surface area (Å²) in [5.74, 6) is -0.128. The lowest BCUT2D eigenvalue weighted by atomic mass is 10.1. The van der Waals surface area contributed by atoms with Crippen LogP contribution in [0.5, 0.6) is 0 Å². The Balaban J connectivity index is 1.26. The van der Waals surface area contributed by atoms with Gasteiger partial charge in [-0.2, -0.15) is 5.10 Å². The normalized spacial score (nSPS) is 14.7. The molecule has 8 heteroatoms. The van der Waals surface area contributed by atoms with E-state index >= 15 is 0 Å². The fourth-order valence-corrected chi connectivity index (χ4v) is 4.86. The van der Waals surface area contributed by atoms with Crippen LogP contribution in [0.3, 0.4) is 0 Å². The number of rotatable bonds is 4. The first kappa shape index (κ1) is 20.5. The molecule has 1 fully saturated rings. The molecule has 4 aromatic rings. The van der Waals surface area contributed by atoms with Crippen molar-refractivity contribution in [3.05, 3.63) is 81.7 Å². The zero-order valence-corrected chi connectivity index (χ0v) is 18.6. The standard InChI is InChI=1S/C24H23N5O2S/c1-27-23(30)20-10-6-5-9-19(20)21(26-27)24(31)29-13-11-28(12-14-29)15-18-16-32-22(25-18)17-7-3-2-4-8-17/h2-10,16H,11-15H2,1H3. The fourth-order valence-electron chi connectivity index (χ4n) is 4.04. The molecule has 0 aliphatic carbocycles. The minimum Gasteiger partial charge on any atom is -0.335 e. The van der Waals surface area contributed by atoms with Gasteiger partial charge in [-0.3, -0.25) is 14.5 Å². The summed E-state index contributed by atoms with van der Waals surface area (Å²) in [6.07, 6.45) is 0. The van der Waals surface area contributed by atoms with Crippen LogP contribution in [0.25, 0.3) is 21.3 Å². The van der Waals surface area contributed by atoms with E-state index in [2.05, 4.69) is 27.5 Å². The molecule has 0 saturated carbocycles. The molecule has 2 aromatic carbocycles. The van der Waals surface area contributed by atoms with Gasteiger partial charge in [0.15, 0.2) is 5.69 Å². The lowest BCUT2D eigenvalue weighted by Crippen LogP contribution is -2.48. The zero-order chi connectivity index (χ0) is 22.1. The summed E-state index contributed by atoms with van der Waals surface area (Å²) in [5, 5.41) is 8.55. The largest absolute Gasteiger partial charge is 0.335 e. The number of amides is 1. The molecular weight excluding hydrogens is 422 g/mol. The predicted molar refractivity (Wildman–Crippen MR) is 126 cm³/mol. The number of fused-ring (bicyclic) bond motifs is 1. The second-order valence-electron chi connectivity index (χ2n) is 7.90. The van der Waals surface area contributed by atoms with Crippen molar-refractivity contribution in [3.63, 3.8) is 0 Å². The molecule has 0 spiro atoms. The first-order valence-electron chi connectivity index (χ1n) is 10.6. The van der Waals surface area contributed by atoms with Crippen molar-refractivity contribution in [1.82, 2.24) is 24.6 Å². The quantitative estimate of drug-likeness (QED) is 0.483. The van der Waals surface area contributed by atoms with Gasteiger partial charge < -0.3 is 4.90 Å². The average molecular weight is 446 g/mol. The van der Waals surface area contributed by atoms with Crippen LogP contribution in [0.4, 0.5) is 0 Å². The monoisotopic (exact) mass is 445 g/mol. The Morgan fingerprint density at radius 2 is 1.66 bits per heavy atom. The first-order chi connectivity index (χ1) is 15.6. The number of piperazine rings is 1. The highest BCUT2D eigenvalue weighted by atomic mass is 32.1. The molecule has 0 unspecified atom stereocenters. The Kier molecular flexibility index (Phi) is 5.55. The van der Waals surface area contributed by atoms with E-state index in [1.807, 2.05) is 29.2 Å². The van der Waals surface area contributed by atoms with Crippen molar-refractivity contribution in [2.45, 2.75) is 6.54 Å². The Morgan fingerprint density at radius 3 is 2.41 bits per heavy atom. The molecule has 3 heterocycles. The van der Waals surface area contributed by atoms with E-state index in [1.54, 1.807) is 36.6 Å². The number of carbonyl (C=O) groups excluding carboxylic acids is 1. The SMILES string of the molecule is Cn1nc(C(=O)N2CCN(Cc3csc(-c4ccccc4)n3)CC2)c2ccccc2c1=O. The third kappa shape index (κ3) is 3.94. The van der Waals surface area contributed by atoms with Crippen molar-refractivity contribution < 1.29 is 4.79 Å². The lowest BCUT2D eigenvalue weighted by Gasteiger charge is -2.34. The minimum absolute atomic E-state index is 0.128. The molecule has 32 heavy (non-hydrogen) atoms. The van der Waals surface area contributed by atoms with E-state index in [0.29, 0.717) is 29.6 Å². The molecule has 1 saturated heterocycles. The maximum absolute atomic E-state index is 13.2. The second-order valence-corrected chi connectivity index (χ2v) is 8.76. The van der Waals surface area contributed by atoms with Gasteiger partial charge in [0.05, 0.1) is 11.1 Å². The maximum atomic E-state index is 13.2. The van der Waals surface area contributed by atoms with E-state index < -0.39 is 0 Å². The van der Waals surface area contributed by atoms with Gasteiger partial charge in [0.2, 0.25) is 0 Å². The highest BCUT2D eigenvalue weighted by molar-refractivity contribution is 7.13. The van der Waals surface area contributed by atoms with E-state index in [9.17, 15) is 9.59 Å². The Bertz CT molecular complexity index is 1320. The summed E-state index contributed by atoms with van der Waals surface area (Å²) in [5.41, 5.74) is 2.33. The van der Waals surface area contributed by atoms with E-state index in [-0.39, 0.29) is 11.5 Å². The maximum Gasteiger partial charge on any atom is 0.275 e. The van der Waals surface area contributed by atoms with Crippen LogP contribution < -0.4 is 5.56 Å². The summed E-state index contributed by atoms with van der Waals surface area (Å²) in [4.78, 5) is 34.5. The van der Waals surface area contributed by atoms with Crippen LogP contribution in [0.15, 0.2) is 64.8 Å². The van der Waals surface area contributed by atoms with E-state index in [4.69, 9.17) is 4.98 Å². The highest BCUT2D eigenvalue weighted by Crippen LogP contribution is 2.24. The number of benzene rings is 2.